The van der Waals surface area contributed by atoms with Crippen molar-refractivity contribution in [2.45, 2.75) is 0 Å². The molecule has 0 aliphatic carbocycles. The molecule has 3 heteroatoms. The highest BCUT2D eigenvalue weighted by molar-refractivity contribution is 6.08. The predicted molar refractivity (Wildman–Crippen MR) is 15.9 cm³/mol. The summed E-state index contributed by atoms with van der Waals surface area (Å²) in [5.41, 5.74) is 0. The van der Waals surface area contributed by atoms with Crippen LogP contribution in [0.15, 0.2) is 0 Å². The van der Waals surface area contributed by atoms with Gasteiger partial charge >= 0.3 is 0 Å². The fourth-order valence-electron chi connectivity index (χ4n) is 0. The first-order chi connectivity index (χ1) is 1.91. The molecule has 0 aliphatic heterocycles. The molecule has 0 fully saturated rings. The molecule has 0 aromatic heterocycles. The molecule has 0 bridgehead atoms. The number of nitrogens with two attached hydrogens (primary N) is 1. The Morgan fingerprint density at radius 3 is 2.25 bits per heavy atom. The Morgan fingerprint density at radius 1 is 2.00 bits per heavy atom. The maximum Gasteiger partial charge on any atom is 0.107 e. The lowest BCUT2D eigenvalue weighted by atomic mass is 10.2. The molecule has 0 heterocycles. The zero-order valence-corrected chi connectivity index (χ0v) is 2.27. The third-order valence-corrected chi connectivity index (χ3v) is 0.0962. The van der Waals surface area contributed by atoms with E-state index in [1.807, 2.05) is 0 Å². The lowest BCUT2D eigenvalue weighted by molar-refractivity contribution is 0.185. The molecule has 0 unspecified atom stereocenters. The Morgan fingerprint density at radius 2 is 2.25 bits per heavy atom. The van der Waals surface area contributed by atoms with E-state index in [1.165, 1.54) is 0 Å². The maximum absolute atomic E-state index is 4.68. The summed E-state index contributed by atoms with van der Waals surface area (Å²) >= 11 is 0. The summed E-state index contributed by atoms with van der Waals surface area (Å²) < 4.78 is 0. The van der Waals surface area contributed by atoms with E-state index >= 15 is 0 Å². The zero-order valence-electron chi connectivity index (χ0n) is 2.27. The first kappa shape index (κ1) is 3.98. The van der Waals surface area contributed by atoms with Crippen molar-refractivity contribution in [1.82, 2.24) is 0 Å². The molecule has 0 atom stereocenters. The van der Waals surface area contributed by atoms with Gasteiger partial charge in [0.15, 0.2) is 0 Å². The normalized spacial score (nSPS) is 7.25. The molecule has 0 aliphatic rings. The molecule has 0 saturated carbocycles. The van der Waals surface area contributed by atoms with Crippen molar-refractivity contribution in [3.05, 3.63) is 0 Å². The summed E-state index contributed by atoms with van der Waals surface area (Å²) in [6.07, 6.45) is 0. The van der Waals surface area contributed by atoms with E-state index in [9.17, 15) is 0 Å². The Bertz CT molecular complexity index is 10.0. The summed E-state index contributed by atoms with van der Waals surface area (Å²) in [7, 11) is 4.68. The molecule has 2 radical (unpaired) electrons. The lowest BCUT2D eigenvalue weighted by Gasteiger charge is -1.76. The fourth-order valence-corrected chi connectivity index (χ4v) is 0. The minimum Gasteiger partial charge on any atom is -0.315 e. The standard InChI is InChI=1S/CH4BNO/c2-1-4-3/h1,3H2. The molecular weight excluding hydrogens is 52.8 g/mol. The van der Waals surface area contributed by atoms with Gasteiger partial charge in [0.05, 0.1) is 0 Å². The van der Waals surface area contributed by atoms with Crippen LogP contribution in [0.25, 0.3) is 0 Å². The van der Waals surface area contributed by atoms with Gasteiger partial charge in [-0.1, -0.05) is 0 Å². The summed E-state index contributed by atoms with van der Waals surface area (Å²) in [5.74, 6) is 4.40. The SMILES string of the molecule is [B]CON. The molecule has 2 nitrogen and oxygen atoms in total. The van der Waals surface area contributed by atoms with Crippen LogP contribution in [-0.2, 0) is 4.84 Å². The first-order valence-corrected chi connectivity index (χ1v) is 0.933. The third-order valence-electron chi connectivity index (χ3n) is 0.0962. The number of rotatable bonds is 1. The molecular formula is CH4BNO. The molecule has 4 heavy (non-hydrogen) atoms. The smallest absolute Gasteiger partial charge is 0.107 e. The van der Waals surface area contributed by atoms with Crippen LogP contribution >= 0.6 is 0 Å². The molecule has 0 aromatic carbocycles. The van der Waals surface area contributed by atoms with Gasteiger partial charge < -0.3 is 4.84 Å². The van der Waals surface area contributed by atoms with Gasteiger partial charge in [-0.3, -0.25) is 0 Å². The first-order valence-electron chi connectivity index (χ1n) is 0.933. The van der Waals surface area contributed by atoms with E-state index in [2.05, 4.69) is 18.6 Å². The second kappa shape index (κ2) is 2.98. The van der Waals surface area contributed by atoms with Gasteiger partial charge in [0.2, 0.25) is 0 Å². The highest BCUT2D eigenvalue weighted by atomic mass is 16.6. The van der Waals surface area contributed by atoms with Crippen molar-refractivity contribution in [3.8, 4) is 0 Å². The van der Waals surface area contributed by atoms with Crippen LogP contribution in [0.5, 0.6) is 0 Å². The van der Waals surface area contributed by atoms with Gasteiger partial charge in [0.25, 0.3) is 0 Å². The van der Waals surface area contributed by atoms with E-state index < -0.39 is 0 Å². The van der Waals surface area contributed by atoms with Crippen LogP contribution < -0.4 is 5.90 Å². The van der Waals surface area contributed by atoms with Gasteiger partial charge in [-0.05, 0) is 0 Å². The summed E-state index contributed by atoms with van der Waals surface area (Å²) in [6.45, 7) is 0.0972. The van der Waals surface area contributed by atoms with Crippen molar-refractivity contribution < 1.29 is 4.84 Å². The fraction of sp³-hybridized carbons (Fsp3) is 1.00. The van der Waals surface area contributed by atoms with Crippen molar-refractivity contribution in [3.63, 3.8) is 0 Å². The van der Waals surface area contributed by atoms with Crippen molar-refractivity contribution in [2.75, 3.05) is 6.51 Å². The van der Waals surface area contributed by atoms with Crippen molar-refractivity contribution in [1.29, 1.82) is 0 Å². The van der Waals surface area contributed by atoms with Gasteiger partial charge in [0.1, 0.15) is 7.85 Å². The predicted octanol–water partition coefficient (Wildman–Crippen LogP) is -0.997. The highest BCUT2D eigenvalue weighted by Crippen LogP contribution is 1.36. The van der Waals surface area contributed by atoms with Crippen LogP contribution in [0.1, 0.15) is 0 Å². The average molecular weight is 56.9 g/mol. The van der Waals surface area contributed by atoms with E-state index in [1.54, 1.807) is 0 Å². The molecule has 0 aromatic rings. The molecule has 22 valence electrons. The van der Waals surface area contributed by atoms with Gasteiger partial charge in [-0.2, -0.15) is 0 Å². The summed E-state index contributed by atoms with van der Waals surface area (Å²) in [6, 6.07) is 0. The number of hydrogen-bond donors (Lipinski definition) is 1. The van der Waals surface area contributed by atoms with Crippen LogP contribution in [-0.4, -0.2) is 14.4 Å². The Balaban J connectivity index is 1.97. The topological polar surface area (TPSA) is 35.2 Å². The maximum atomic E-state index is 4.68. The number of hydrogen-bond acceptors (Lipinski definition) is 2. The minimum atomic E-state index is 0.0972. The zero-order chi connectivity index (χ0) is 3.41. The molecule has 0 spiro atoms. The van der Waals surface area contributed by atoms with E-state index in [-0.39, 0.29) is 6.51 Å². The molecule has 0 rings (SSSR count). The van der Waals surface area contributed by atoms with Crippen LogP contribution in [0, 0.1) is 0 Å². The van der Waals surface area contributed by atoms with Crippen molar-refractivity contribution >= 4 is 7.85 Å². The summed E-state index contributed by atoms with van der Waals surface area (Å²) in [4.78, 5) is 3.82. The largest absolute Gasteiger partial charge is 0.315 e. The lowest BCUT2D eigenvalue weighted by Crippen LogP contribution is -1.98. The minimum absolute atomic E-state index is 0.0972. The monoisotopic (exact) mass is 57.0 g/mol. The van der Waals surface area contributed by atoms with E-state index in [4.69, 9.17) is 0 Å². The Hall–Kier alpha value is -0.0151. The second-order valence-corrected chi connectivity index (χ2v) is 0.333. The molecule has 0 saturated heterocycles. The van der Waals surface area contributed by atoms with Gasteiger partial charge in [0, 0.05) is 6.51 Å². The van der Waals surface area contributed by atoms with Gasteiger partial charge in [-0.25, -0.2) is 5.90 Å². The van der Waals surface area contributed by atoms with E-state index in [0.29, 0.717) is 0 Å². The Kier molecular flexibility index (Phi) is 2.97. The van der Waals surface area contributed by atoms with Gasteiger partial charge in [-0.15, -0.1) is 0 Å². The van der Waals surface area contributed by atoms with Crippen LogP contribution in [0.4, 0.5) is 0 Å². The third kappa shape index (κ3) is 1.98. The Labute approximate surface area is 26.3 Å². The van der Waals surface area contributed by atoms with E-state index in [0.717, 1.165) is 0 Å². The highest BCUT2D eigenvalue weighted by Gasteiger charge is 1.53. The molecule has 2 N–H and O–H groups in total. The summed E-state index contributed by atoms with van der Waals surface area (Å²) in [5, 5.41) is 0. The second-order valence-electron chi connectivity index (χ2n) is 0.333. The van der Waals surface area contributed by atoms with Crippen LogP contribution in [0.3, 0.4) is 0 Å². The quantitative estimate of drug-likeness (QED) is 0.309. The molecule has 0 amide bonds. The van der Waals surface area contributed by atoms with Crippen LogP contribution in [0.2, 0.25) is 0 Å². The van der Waals surface area contributed by atoms with Crippen molar-refractivity contribution in [2.24, 2.45) is 5.90 Å². The average Bonchev–Trinajstić information content (AvgIpc) is 1.37.